The van der Waals surface area contributed by atoms with Gasteiger partial charge in [-0.05, 0) is 43.2 Å². The van der Waals surface area contributed by atoms with Gasteiger partial charge in [0.2, 0.25) is 5.91 Å². The molecule has 1 saturated heterocycles. The van der Waals surface area contributed by atoms with Crippen molar-refractivity contribution in [1.82, 2.24) is 4.98 Å². The summed E-state index contributed by atoms with van der Waals surface area (Å²) in [5.74, 6) is 0.213. The maximum absolute atomic E-state index is 11.8. The highest BCUT2D eigenvalue weighted by atomic mass is 35.5. The van der Waals surface area contributed by atoms with E-state index in [1.165, 1.54) is 0 Å². The maximum Gasteiger partial charge on any atom is 0.227 e. The van der Waals surface area contributed by atoms with Crippen molar-refractivity contribution in [2.45, 2.75) is 25.8 Å². The topological polar surface area (TPSA) is 45.2 Å². The van der Waals surface area contributed by atoms with Crippen molar-refractivity contribution < 1.29 is 4.79 Å². The molecule has 114 valence electrons. The van der Waals surface area contributed by atoms with E-state index in [-0.39, 0.29) is 11.9 Å². The third-order valence-electron chi connectivity index (χ3n) is 3.89. The van der Waals surface area contributed by atoms with Gasteiger partial charge in [-0.15, -0.1) is 0 Å². The first kappa shape index (κ1) is 14.9. The molecule has 1 aliphatic rings. The summed E-state index contributed by atoms with van der Waals surface area (Å²) >= 11 is 5.89. The number of halogens is 1. The Hall–Kier alpha value is -2.07. The number of aromatic nitrogens is 1. The maximum atomic E-state index is 11.8. The van der Waals surface area contributed by atoms with Crippen LogP contribution in [0, 0.1) is 0 Å². The zero-order valence-electron chi connectivity index (χ0n) is 12.4. The van der Waals surface area contributed by atoms with Gasteiger partial charge in [0, 0.05) is 36.6 Å². The molecule has 2 aromatic rings. The number of carbonyl (C=O) groups is 1. The Balaban J connectivity index is 1.70. The molecule has 0 radical (unpaired) electrons. The fraction of sp³-hybridized carbons (Fsp3) is 0.294. The van der Waals surface area contributed by atoms with Crippen LogP contribution < -0.4 is 10.2 Å². The van der Waals surface area contributed by atoms with Crippen LogP contribution in [0.1, 0.15) is 31.4 Å². The Morgan fingerprint density at radius 1 is 1.27 bits per heavy atom. The number of carbonyl (C=O) groups excluding carboxylic acids is 1. The third-order valence-corrected chi connectivity index (χ3v) is 4.09. The molecule has 1 amide bonds. The van der Waals surface area contributed by atoms with E-state index < -0.39 is 0 Å². The fourth-order valence-electron chi connectivity index (χ4n) is 2.69. The van der Waals surface area contributed by atoms with Crippen LogP contribution in [0.5, 0.6) is 0 Å². The number of nitrogens with one attached hydrogen (secondary N) is 1. The Labute approximate surface area is 135 Å². The second-order valence-electron chi connectivity index (χ2n) is 5.47. The summed E-state index contributed by atoms with van der Waals surface area (Å²) in [5, 5.41) is 3.86. The average molecular weight is 316 g/mol. The first-order valence-corrected chi connectivity index (χ1v) is 7.80. The van der Waals surface area contributed by atoms with E-state index >= 15 is 0 Å². The number of anilines is 2. The lowest BCUT2D eigenvalue weighted by molar-refractivity contribution is -0.117. The Morgan fingerprint density at radius 3 is 2.68 bits per heavy atom. The molecule has 22 heavy (non-hydrogen) atoms. The number of pyridine rings is 1. The zero-order chi connectivity index (χ0) is 15.5. The number of benzene rings is 1. The minimum atomic E-state index is 0.141. The van der Waals surface area contributed by atoms with Gasteiger partial charge in [-0.25, -0.2) is 4.98 Å². The molecule has 1 N–H and O–H groups in total. The van der Waals surface area contributed by atoms with Crippen molar-refractivity contribution in [2.75, 3.05) is 16.8 Å². The first-order valence-electron chi connectivity index (χ1n) is 7.42. The van der Waals surface area contributed by atoms with E-state index in [0.29, 0.717) is 11.6 Å². The van der Waals surface area contributed by atoms with Crippen LogP contribution in [0.25, 0.3) is 0 Å². The van der Waals surface area contributed by atoms with E-state index in [2.05, 4.69) is 29.4 Å². The lowest BCUT2D eigenvalue weighted by Crippen LogP contribution is -2.23. The van der Waals surface area contributed by atoms with E-state index in [4.69, 9.17) is 11.6 Å². The fourth-order valence-corrected chi connectivity index (χ4v) is 2.86. The summed E-state index contributed by atoms with van der Waals surface area (Å²) in [6.45, 7) is 2.91. The molecular formula is C17H18ClN3O. The van der Waals surface area contributed by atoms with Gasteiger partial charge in [-0.2, -0.15) is 0 Å². The van der Waals surface area contributed by atoms with Gasteiger partial charge in [-0.3, -0.25) is 4.79 Å². The summed E-state index contributed by atoms with van der Waals surface area (Å²) in [5.41, 5.74) is 3.07. The minimum Gasteiger partial charge on any atom is -0.378 e. The second kappa shape index (κ2) is 6.36. The quantitative estimate of drug-likeness (QED) is 0.866. The molecule has 1 fully saturated rings. The third kappa shape index (κ3) is 3.22. The highest BCUT2D eigenvalue weighted by molar-refractivity contribution is 6.29. The van der Waals surface area contributed by atoms with Crippen molar-refractivity contribution in [2.24, 2.45) is 0 Å². The van der Waals surface area contributed by atoms with Crippen molar-refractivity contribution >= 4 is 28.9 Å². The Kier molecular flexibility index (Phi) is 4.29. The molecule has 5 heteroatoms. The molecule has 1 unspecified atom stereocenters. The predicted molar refractivity (Wildman–Crippen MR) is 89.3 cm³/mol. The highest BCUT2D eigenvalue weighted by Gasteiger charge is 2.21. The van der Waals surface area contributed by atoms with Crippen LogP contribution in [-0.4, -0.2) is 17.4 Å². The van der Waals surface area contributed by atoms with Crippen LogP contribution in [0.4, 0.5) is 11.4 Å². The molecule has 1 aliphatic heterocycles. The van der Waals surface area contributed by atoms with Crippen molar-refractivity contribution in [3.63, 3.8) is 0 Å². The van der Waals surface area contributed by atoms with Gasteiger partial charge < -0.3 is 10.2 Å². The van der Waals surface area contributed by atoms with Gasteiger partial charge in [0.25, 0.3) is 0 Å². The standard InChI is InChI=1S/C17H18ClN3O/c1-12(20-14-8-9-19-16(18)11-14)13-4-6-15(7-5-13)21-10-2-3-17(21)22/h4-9,11-12H,2-3,10H2,1H3,(H,19,20). The normalized spacial score (nSPS) is 15.9. The van der Waals surface area contributed by atoms with Crippen LogP contribution in [0.3, 0.4) is 0 Å². The number of hydrogen-bond donors (Lipinski definition) is 1. The molecular weight excluding hydrogens is 298 g/mol. The van der Waals surface area contributed by atoms with Crippen LogP contribution in [0.2, 0.25) is 5.15 Å². The average Bonchev–Trinajstić information content (AvgIpc) is 2.93. The zero-order valence-corrected chi connectivity index (χ0v) is 13.2. The largest absolute Gasteiger partial charge is 0.378 e. The summed E-state index contributed by atoms with van der Waals surface area (Å²) in [6, 6.07) is 12.0. The van der Waals surface area contributed by atoms with Crippen molar-refractivity contribution in [3.8, 4) is 0 Å². The van der Waals surface area contributed by atoms with E-state index in [1.54, 1.807) is 12.3 Å². The Bertz CT molecular complexity index is 672. The van der Waals surface area contributed by atoms with Crippen molar-refractivity contribution in [1.29, 1.82) is 0 Å². The minimum absolute atomic E-state index is 0.141. The highest BCUT2D eigenvalue weighted by Crippen LogP contribution is 2.25. The van der Waals surface area contributed by atoms with Crippen LogP contribution in [-0.2, 0) is 4.79 Å². The number of nitrogens with zero attached hydrogens (tertiary/aromatic N) is 2. The smallest absolute Gasteiger partial charge is 0.227 e. The molecule has 2 heterocycles. The second-order valence-corrected chi connectivity index (χ2v) is 5.86. The van der Waals surface area contributed by atoms with Crippen molar-refractivity contribution in [3.05, 3.63) is 53.3 Å². The van der Waals surface area contributed by atoms with Gasteiger partial charge in [0.05, 0.1) is 0 Å². The molecule has 0 spiro atoms. The summed E-state index contributed by atoms with van der Waals surface area (Å²) in [6.07, 6.45) is 3.28. The van der Waals surface area contributed by atoms with Gasteiger partial charge >= 0.3 is 0 Å². The lowest BCUT2D eigenvalue weighted by Gasteiger charge is -2.19. The first-order chi connectivity index (χ1) is 10.6. The van der Waals surface area contributed by atoms with E-state index in [9.17, 15) is 4.79 Å². The molecule has 1 aromatic carbocycles. The summed E-state index contributed by atoms with van der Waals surface area (Å²) < 4.78 is 0. The Morgan fingerprint density at radius 2 is 2.05 bits per heavy atom. The van der Waals surface area contributed by atoms with E-state index in [1.807, 2.05) is 23.1 Å². The van der Waals surface area contributed by atoms with Crippen LogP contribution >= 0.6 is 11.6 Å². The molecule has 1 atom stereocenters. The summed E-state index contributed by atoms with van der Waals surface area (Å²) in [4.78, 5) is 17.6. The monoisotopic (exact) mass is 315 g/mol. The molecule has 3 rings (SSSR count). The lowest BCUT2D eigenvalue weighted by atomic mass is 10.1. The number of hydrogen-bond acceptors (Lipinski definition) is 3. The van der Waals surface area contributed by atoms with Gasteiger partial charge in [-0.1, -0.05) is 23.7 Å². The predicted octanol–water partition coefficient (Wildman–Crippen LogP) is 4.03. The van der Waals surface area contributed by atoms with E-state index in [0.717, 1.165) is 29.9 Å². The molecule has 1 aromatic heterocycles. The number of rotatable bonds is 4. The molecule has 0 aliphatic carbocycles. The van der Waals surface area contributed by atoms with Gasteiger partial charge in [0.15, 0.2) is 0 Å². The summed E-state index contributed by atoms with van der Waals surface area (Å²) in [7, 11) is 0. The molecule has 0 bridgehead atoms. The van der Waals surface area contributed by atoms with Crippen LogP contribution in [0.15, 0.2) is 42.6 Å². The molecule has 0 saturated carbocycles. The SMILES string of the molecule is CC(Nc1ccnc(Cl)c1)c1ccc(N2CCCC2=O)cc1. The molecule has 4 nitrogen and oxygen atoms in total. The number of amides is 1. The van der Waals surface area contributed by atoms with Gasteiger partial charge in [0.1, 0.15) is 5.15 Å².